The molecule has 5 heteroatoms. The van der Waals surface area contributed by atoms with Crippen molar-refractivity contribution in [3.05, 3.63) is 33.5 Å². The van der Waals surface area contributed by atoms with Gasteiger partial charge in [-0.1, -0.05) is 0 Å². The minimum Gasteiger partial charge on any atom is -0.310 e. The van der Waals surface area contributed by atoms with E-state index in [0.717, 1.165) is 24.4 Å². The highest BCUT2D eigenvalue weighted by Gasteiger charge is 2.11. The fraction of sp³-hybridized carbons (Fsp3) is 0.538. The van der Waals surface area contributed by atoms with E-state index in [1.165, 1.54) is 10.6 Å². The quantitative estimate of drug-likeness (QED) is 0.901. The lowest BCUT2D eigenvalue weighted by atomic mass is 10.1. The van der Waals surface area contributed by atoms with Gasteiger partial charge in [-0.2, -0.15) is 5.10 Å². The Kier molecular flexibility index (Phi) is 4.14. The van der Waals surface area contributed by atoms with Crippen molar-refractivity contribution in [1.29, 1.82) is 0 Å². The Hall–Kier alpha value is -1.20. The zero-order valence-corrected chi connectivity index (χ0v) is 12.2. The Balaban J connectivity index is 1.85. The summed E-state index contributed by atoms with van der Waals surface area (Å²) in [6.07, 6.45) is 3.07. The first-order valence-electron chi connectivity index (χ1n) is 6.21. The predicted molar refractivity (Wildman–Crippen MR) is 74.9 cm³/mol. The SMILES string of the molecule is Cc1csc(CCNC(C)c2cn(C)nc2C)n1. The molecule has 98 valence electrons. The monoisotopic (exact) mass is 264 g/mol. The molecule has 0 aliphatic rings. The van der Waals surface area contributed by atoms with E-state index in [9.17, 15) is 0 Å². The molecule has 0 bridgehead atoms. The summed E-state index contributed by atoms with van der Waals surface area (Å²) in [6, 6.07) is 0.333. The van der Waals surface area contributed by atoms with Gasteiger partial charge in [0.1, 0.15) is 0 Å². The summed E-state index contributed by atoms with van der Waals surface area (Å²) in [4.78, 5) is 4.46. The molecule has 2 aromatic rings. The molecule has 0 aliphatic carbocycles. The lowest BCUT2D eigenvalue weighted by Crippen LogP contribution is -2.21. The number of rotatable bonds is 5. The van der Waals surface area contributed by atoms with Crippen LogP contribution in [0.5, 0.6) is 0 Å². The van der Waals surface area contributed by atoms with E-state index in [0.29, 0.717) is 6.04 Å². The van der Waals surface area contributed by atoms with E-state index >= 15 is 0 Å². The van der Waals surface area contributed by atoms with E-state index in [1.807, 2.05) is 18.7 Å². The van der Waals surface area contributed by atoms with Crippen LogP contribution in [-0.4, -0.2) is 21.3 Å². The lowest BCUT2D eigenvalue weighted by Gasteiger charge is -2.12. The average Bonchev–Trinajstić information content (AvgIpc) is 2.85. The molecule has 2 rings (SSSR count). The number of thiazole rings is 1. The van der Waals surface area contributed by atoms with Gasteiger partial charge in [0.05, 0.1) is 10.7 Å². The highest BCUT2D eigenvalue weighted by atomic mass is 32.1. The van der Waals surface area contributed by atoms with Crippen LogP contribution in [0.2, 0.25) is 0 Å². The highest BCUT2D eigenvalue weighted by molar-refractivity contribution is 7.09. The highest BCUT2D eigenvalue weighted by Crippen LogP contribution is 2.15. The first-order chi connectivity index (χ1) is 8.56. The van der Waals surface area contributed by atoms with Crippen LogP contribution in [0, 0.1) is 13.8 Å². The van der Waals surface area contributed by atoms with Gasteiger partial charge >= 0.3 is 0 Å². The Morgan fingerprint density at radius 2 is 2.22 bits per heavy atom. The molecule has 2 heterocycles. The van der Waals surface area contributed by atoms with Gasteiger partial charge in [0.2, 0.25) is 0 Å². The van der Waals surface area contributed by atoms with Crippen LogP contribution in [0.3, 0.4) is 0 Å². The third-order valence-corrected chi connectivity index (χ3v) is 4.00. The molecule has 0 fully saturated rings. The van der Waals surface area contributed by atoms with Gasteiger partial charge in [0.15, 0.2) is 0 Å². The Labute approximate surface area is 112 Å². The molecule has 0 amide bonds. The largest absolute Gasteiger partial charge is 0.310 e. The van der Waals surface area contributed by atoms with E-state index in [2.05, 4.69) is 40.8 Å². The molecule has 0 aliphatic heterocycles. The summed E-state index contributed by atoms with van der Waals surface area (Å²) < 4.78 is 1.87. The van der Waals surface area contributed by atoms with Crippen LogP contribution in [0.15, 0.2) is 11.6 Å². The third kappa shape index (κ3) is 3.17. The standard InChI is InChI=1S/C13H20N4S/c1-9-8-18-13(15-9)5-6-14-10(2)12-7-17(4)16-11(12)3/h7-8,10,14H,5-6H2,1-4H3. The molecule has 0 saturated carbocycles. The zero-order chi connectivity index (χ0) is 13.1. The summed E-state index contributed by atoms with van der Waals surface area (Å²) in [5.74, 6) is 0. The topological polar surface area (TPSA) is 42.7 Å². The van der Waals surface area contributed by atoms with E-state index in [1.54, 1.807) is 11.3 Å². The van der Waals surface area contributed by atoms with Gasteiger partial charge in [0, 0.05) is 48.9 Å². The van der Waals surface area contributed by atoms with Crippen molar-refractivity contribution in [2.45, 2.75) is 33.2 Å². The van der Waals surface area contributed by atoms with Crippen LogP contribution >= 0.6 is 11.3 Å². The molecular weight excluding hydrogens is 244 g/mol. The maximum absolute atomic E-state index is 4.46. The van der Waals surface area contributed by atoms with Crippen molar-refractivity contribution in [2.24, 2.45) is 7.05 Å². The number of hydrogen-bond donors (Lipinski definition) is 1. The lowest BCUT2D eigenvalue weighted by molar-refractivity contribution is 0.573. The molecule has 0 aromatic carbocycles. The number of nitrogens with zero attached hydrogens (tertiary/aromatic N) is 3. The number of aromatic nitrogens is 3. The molecule has 0 spiro atoms. The van der Waals surface area contributed by atoms with Crippen molar-refractivity contribution in [1.82, 2.24) is 20.1 Å². The normalized spacial score (nSPS) is 12.9. The second-order valence-corrected chi connectivity index (χ2v) is 5.59. The first kappa shape index (κ1) is 13.2. The Morgan fingerprint density at radius 3 is 2.78 bits per heavy atom. The van der Waals surface area contributed by atoms with E-state index in [-0.39, 0.29) is 0 Å². The van der Waals surface area contributed by atoms with E-state index < -0.39 is 0 Å². The predicted octanol–water partition coefficient (Wildman–Crippen LogP) is 2.39. The van der Waals surface area contributed by atoms with Crippen LogP contribution in [0.25, 0.3) is 0 Å². The minimum atomic E-state index is 0.333. The van der Waals surface area contributed by atoms with Crippen LogP contribution in [0.4, 0.5) is 0 Å². The van der Waals surface area contributed by atoms with Crippen molar-refractivity contribution >= 4 is 11.3 Å². The molecule has 0 radical (unpaired) electrons. The second kappa shape index (κ2) is 5.63. The maximum Gasteiger partial charge on any atom is 0.0940 e. The second-order valence-electron chi connectivity index (χ2n) is 4.65. The molecule has 2 aromatic heterocycles. The molecule has 18 heavy (non-hydrogen) atoms. The first-order valence-corrected chi connectivity index (χ1v) is 7.08. The van der Waals surface area contributed by atoms with Gasteiger partial charge in [-0.25, -0.2) is 4.98 Å². The molecule has 1 unspecified atom stereocenters. The van der Waals surface area contributed by atoms with Crippen LogP contribution in [0.1, 0.15) is 34.9 Å². The van der Waals surface area contributed by atoms with Gasteiger partial charge in [-0.05, 0) is 20.8 Å². The summed E-state index contributed by atoms with van der Waals surface area (Å²) in [5, 5.41) is 11.2. The minimum absolute atomic E-state index is 0.333. The van der Waals surface area contributed by atoms with Gasteiger partial charge in [0.25, 0.3) is 0 Å². The summed E-state index contributed by atoms with van der Waals surface area (Å²) in [6.45, 7) is 7.21. The summed E-state index contributed by atoms with van der Waals surface area (Å²) in [7, 11) is 1.96. The zero-order valence-electron chi connectivity index (χ0n) is 11.4. The van der Waals surface area contributed by atoms with Crippen molar-refractivity contribution in [2.75, 3.05) is 6.54 Å². The third-order valence-electron chi connectivity index (χ3n) is 2.97. The average molecular weight is 264 g/mol. The molecule has 0 saturated heterocycles. The van der Waals surface area contributed by atoms with E-state index in [4.69, 9.17) is 0 Å². The molecule has 4 nitrogen and oxygen atoms in total. The number of nitrogens with one attached hydrogen (secondary N) is 1. The molecule has 1 atom stereocenters. The van der Waals surface area contributed by atoms with Gasteiger partial charge in [-0.15, -0.1) is 11.3 Å². The number of aryl methyl sites for hydroxylation is 3. The van der Waals surface area contributed by atoms with Crippen molar-refractivity contribution < 1.29 is 0 Å². The van der Waals surface area contributed by atoms with Crippen molar-refractivity contribution in [3.63, 3.8) is 0 Å². The summed E-state index contributed by atoms with van der Waals surface area (Å²) in [5.41, 5.74) is 3.49. The smallest absolute Gasteiger partial charge is 0.0940 e. The maximum atomic E-state index is 4.46. The fourth-order valence-corrected chi connectivity index (χ4v) is 2.84. The van der Waals surface area contributed by atoms with Crippen molar-refractivity contribution in [3.8, 4) is 0 Å². The Morgan fingerprint density at radius 1 is 1.44 bits per heavy atom. The molecular formula is C13H20N4S. The fourth-order valence-electron chi connectivity index (χ4n) is 2.07. The summed E-state index contributed by atoms with van der Waals surface area (Å²) >= 11 is 1.74. The van der Waals surface area contributed by atoms with Crippen LogP contribution in [-0.2, 0) is 13.5 Å². The van der Waals surface area contributed by atoms with Crippen LogP contribution < -0.4 is 5.32 Å². The van der Waals surface area contributed by atoms with Gasteiger partial charge < -0.3 is 5.32 Å². The molecule has 1 N–H and O–H groups in total. The Bertz CT molecular complexity index is 515. The number of hydrogen-bond acceptors (Lipinski definition) is 4. The van der Waals surface area contributed by atoms with Gasteiger partial charge in [-0.3, -0.25) is 4.68 Å².